The average molecular weight is 331 g/mol. The Labute approximate surface area is 144 Å². The third-order valence-electron chi connectivity index (χ3n) is 3.91. The largest absolute Gasteiger partial charge is 0.307 e. The molecule has 2 aromatic carbocycles. The van der Waals surface area contributed by atoms with E-state index in [1.54, 1.807) is 0 Å². The van der Waals surface area contributed by atoms with Crippen molar-refractivity contribution in [2.45, 2.75) is 13.1 Å². The highest BCUT2D eigenvalue weighted by molar-refractivity contribution is 5.56. The number of hydrogen-bond acceptors (Lipinski definition) is 4. The monoisotopic (exact) mass is 331 g/mol. The van der Waals surface area contributed by atoms with Crippen molar-refractivity contribution in [3.8, 4) is 11.4 Å². The molecule has 25 heavy (non-hydrogen) atoms. The van der Waals surface area contributed by atoms with Crippen molar-refractivity contribution in [3.05, 3.63) is 88.3 Å². The van der Waals surface area contributed by atoms with Crippen LogP contribution in [0.15, 0.2) is 71.5 Å². The van der Waals surface area contributed by atoms with E-state index in [0.29, 0.717) is 23.8 Å². The topological polar surface area (TPSA) is 75.1 Å². The van der Waals surface area contributed by atoms with Crippen LogP contribution in [0.2, 0.25) is 0 Å². The molecule has 0 fully saturated rings. The summed E-state index contributed by atoms with van der Waals surface area (Å²) >= 11 is 0. The van der Waals surface area contributed by atoms with Crippen LogP contribution in [-0.4, -0.2) is 19.6 Å². The summed E-state index contributed by atoms with van der Waals surface area (Å²) in [5, 5.41) is 6.30. The lowest BCUT2D eigenvalue weighted by Crippen LogP contribution is -2.20. The van der Waals surface area contributed by atoms with Gasteiger partial charge < -0.3 is 5.32 Å². The van der Waals surface area contributed by atoms with Crippen molar-refractivity contribution >= 4 is 5.78 Å². The second-order valence-corrected chi connectivity index (χ2v) is 5.75. The molecule has 6 nitrogen and oxygen atoms in total. The van der Waals surface area contributed by atoms with E-state index in [-0.39, 0.29) is 5.56 Å². The van der Waals surface area contributed by atoms with E-state index in [0.717, 1.165) is 12.1 Å². The minimum absolute atomic E-state index is 0.170. The third-order valence-corrected chi connectivity index (χ3v) is 3.91. The number of H-pyrrole nitrogens is 1. The summed E-state index contributed by atoms with van der Waals surface area (Å²) in [6.45, 7) is 1.23. The molecule has 0 bridgehead atoms. The number of benzene rings is 2. The molecule has 0 spiro atoms. The lowest BCUT2D eigenvalue weighted by Gasteiger charge is -2.04. The third kappa shape index (κ3) is 3.34. The second kappa shape index (κ2) is 6.70. The van der Waals surface area contributed by atoms with Gasteiger partial charge in [-0.1, -0.05) is 60.7 Å². The van der Waals surface area contributed by atoms with Gasteiger partial charge in [0.05, 0.1) is 5.69 Å². The molecule has 0 aliphatic rings. The van der Waals surface area contributed by atoms with Gasteiger partial charge in [0.15, 0.2) is 5.82 Å². The maximum Gasteiger partial charge on any atom is 0.274 e. The fourth-order valence-corrected chi connectivity index (χ4v) is 2.67. The normalized spacial score (nSPS) is 11.0. The fraction of sp³-hybridized carbons (Fsp3) is 0.105. The zero-order valence-corrected chi connectivity index (χ0v) is 13.5. The molecular formula is C19H17N5O. The van der Waals surface area contributed by atoms with Gasteiger partial charge in [0.25, 0.3) is 11.3 Å². The van der Waals surface area contributed by atoms with E-state index in [9.17, 15) is 4.79 Å². The molecule has 2 N–H and O–H groups in total. The van der Waals surface area contributed by atoms with Crippen molar-refractivity contribution in [2.75, 3.05) is 0 Å². The summed E-state index contributed by atoms with van der Waals surface area (Å²) in [6.07, 6.45) is 0. The summed E-state index contributed by atoms with van der Waals surface area (Å²) < 4.78 is 1.36. The first kappa shape index (κ1) is 15.3. The number of aromatic nitrogens is 4. The Balaban J connectivity index is 1.56. The molecule has 4 aromatic rings. The van der Waals surface area contributed by atoms with Gasteiger partial charge in [-0.15, -0.1) is 0 Å². The quantitative estimate of drug-likeness (QED) is 0.589. The molecule has 4 rings (SSSR count). The van der Waals surface area contributed by atoms with E-state index >= 15 is 0 Å². The Morgan fingerprint density at radius 2 is 1.64 bits per heavy atom. The average Bonchev–Trinajstić information content (AvgIpc) is 3.08. The molecule has 0 saturated heterocycles. The first-order valence-corrected chi connectivity index (χ1v) is 8.08. The molecule has 0 radical (unpaired) electrons. The van der Waals surface area contributed by atoms with Crippen molar-refractivity contribution in [1.29, 1.82) is 0 Å². The molecule has 0 aliphatic carbocycles. The molecule has 124 valence electrons. The summed E-state index contributed by atoms with van der Waals surface area (Å²) in [7, 11) is 0. The van der Waals surface area contributed by atoms with Crippen LogP contribution < -0.4 is 10.9 Å². The van der Waals surface area contributed by atoms with Crippen LogP contribution in [0.5, 0.6) is 0 Å². The number of nitrogens with one attached hydrogen (secondary N) is 2. The first-order chi connectivity index (χ1) is 12.3. The summed E-state index contributed by atoms with van der Waals surface area (Å²) in [6, 6.07) is 21.3. The smallest absolute Gasteiger partial charge is 0.274 e. The molecule has 2 aromatic heterocycles. The van der Waals surface area contributed by atoms with Gasteiger partial charge in [-0.25, -0.2) is 4.98 Å². The highest BCUT2D eigenvalue weighted by Crippen LogP contribution is 2.14. The van der Waals surface area contributed by atoms with Crippen LogP contribution >= 0.6 is 0 Å². The molecule has 0 aliphatic heterocycles. The zero-order chi connectivity index (χ0) is 17.1. The van der Waals surface area contributed by atoms with Crippen molar-refractivity contribution in [3.63, 3.8) is 0 Å². The van der Waals surface area contributed by atoms with Gasteiger partial charge >= 0.3 is 0 Å². The Morgan fingerprint density at radius 1 is 0.920 bits per heavy atom. The molecule has 0 amide bonds. The van der Waals surface area contributed by atoms with Crippen LogP contribution in [0.3, 0.4) is 0 Å². The maximum absolute atomic E-state index is 12.3. The van der Waals surface area contributed by atoms with Gasteiger partial charge in [0, 0.05) is 24.7 Å². The standard InChI is InChI=1S/C19H17N5O/c25-17-11-16(13-20-12-14-7-3-1-4-8-14)21-19-22-18(23-24(17)19)15-9-5-2-6-10-15/h1-11,20H,12-13H2,(H,21,22,23). The predicted molar refractivity (Wildman–Crippen MR) is 96.0 cm³/mol. The van der Waals surface area contributed by atoms with Gasteiger partial charge in [0.1, 0.15) is 0 Å². The first-order valence-electron chi connectivity index (χ1n) is 8.08. The summed E-state index contributed by atoms with van der Waals surface area (Å²) in [5.41, 5.74) is 2.60. The van der Waals surface area contributed by atoms with Gasteiger partial charge in [-0.3, -0.25) is 9.89 Å². The van der Waals surface area contributed by atoms with Crippen molar-refractivity contribution in [2.24, 2.45) is 0 Å². The van der Waals surface area contributed by atoms with Gasteiger partial charge in [-0.05, 0) is 5.56 Å². The van der Waals surface area contributed by atoms with Crippen LogP contribution in [0.25, 0.3) is 17.2 Å². The lowest BCUT2D eigenvalue weighted by atomic mass is 10.2. The second-order valence-electron chi connectivity index (χ2n) is 5.75. The maximum atomic E-state index is 12.3. The number of aromatic amines is 1. The van der Waals surface area contributed by atoms with E-state index < -0.39 is 0 Å². The lowest BCUT2D eigenvalue weighted by molar-refractivity contribution is 0.676. The SMILES string of the molecule is O=c1cc(CNCc2ccccc2)nc2nc(-c3ccccc3)[nH]n12. The Kier molecular flexibility index (Phi) is 4.10. The highest BCUT2D eigenvalue weighted by atomic mass is 16.1. The Morgan fingerprint density at radius 3 is 2.40 bits per heavy atom. The van der Waals surface area contributed by atoms with Gasteiger partial charge in [0.2, 0.25) is 0 Å². The van der Waals surface area contributed by atoms with Gasteiger partial charge in [-0.2, -0.15) is 9.50 Å². The zero-order valence-electron chi connectivity index (χ0n) is 13.5. The number of nitrogens with zero attached hydrogens (tertiary/aromatic N) is 3. The van der Waals surface area contributed by atoms with Crippen LogP contribution in [0.1, 0.15) is 11.3 Å². The Bertz CT molecular complexity index is 1040. The minimum Gasteiger partial charge on any atom is -0.307 e. The number of hydrogen-bond donors (Lipinski definition) is 2. The molecule has 0 saturated carbocycles. The fourth-order valence-electron chi connectivity index (χ4n) is 2.67. The number of rotatable bonds is 5. The summed E-state index contributed by atoms with van der Waals surface area (Å²) in [4.78, 5) is 21.2. The van der Waals surface area contributed by atoms with Crippen LogP contribution in [0.4, 0.5) is 0 Å². The van der Waals surface area contributed by atoms with Crippen molar-refractivity contribution < 1.29 is 0 Å². The van der Waals surface area contributed by atoms with E-state index in [4.69, 9.17) is 0 Å². The van der Waals surface area contributed by atoms with Crippen LogP contribution in [0, 0.1) is 0 Å². The Hall–Kier alpha value is -3.25. The predicted octanol–water partition coefficient (Wildman–Crippen LogP) is 2.37. The summed E-state index contributed by atoms with van der Waals surface area (Å²) in [5.74, 6) is 1.00. The van der Waals surface area contributed by atoms with E-state index in [1.165, 1.54) is 16.1 Å². The molecule has 2 heterocycles. The number of fused-ring (bicyclic) bond motifs is 1. The van der Waals surface area contributed by atoms with Crippen molar-refractivity contribution in [1.82, 2.24) is 24.9 Å². The van der Waals surface area contributed by atoms with Crippen LogP contribution in [-0.2, 0) is 13.1 Å². The molecule has 6 heteroatoms. The minimum atomic E-state index is -0.170. The highest BCUT2D eigenvalue weighted by Gasteiger charge is 2.09. The van der Waals surface area contributed by atoms with E-state index in [1.807, 2.05) is 48.5 Å². The molecule has 0 atom stereocenters. The van der Waals surface area contributed by atoms with E-state index in [2.05, 4.69) is 32.5 Å². The molecule has 0 unspecified atom stereocenters. The molecular weight excluding hydrogens is 314 g/mol.